The molecule has 1 amide bonds. The van der Waals surface area contributed by atoms with Crippen molar-refractivity contribution in [2.75, 3.05) is 6.54 Å². The lowest BCUT2D eigenvalue weighted by molar-refractivity contribution is 0.0831. The van der Waals surface area contributed by atoms with E-state index in [1.807, 2.05) is 0 Å². The van der Waals surface area contributed by atoms with Crippen molar-refractivity contribution in [2.24, 2.45) is 0 Å². The van der Waals surface area contributed by atoms with E-state index in [1.54, 1.807) is 0 Å². The number of fused-ring (bicyclic) bond motifs is 2. The quantitative estimate of drug-likeness (QED) is 0.839. The van der Waals surface area contributed by atoms with Crippen LogP contribution in [0.5, 0.6) is 0 Å². The van der Waals surface area contributed by atoms with E-state index in [9.17, 15) is 4.79 Å². The Balaban J connectivity index is 1.41. The molecular formula is C13H18N4O3. The maximum absolute atomic E-state index is 12.1. The van der Waals surface area contributed by atoms with Gasteiger partial charge < -0.3 is 19.9 Å². The van der Waals surface area contributed by atoms with Crippen LogP contribution in [0, 0.1) is 0 Å². The number of nitrogens with zero attached hydrogens (tertiary/aromatic N) is 2. The van der Waals surface area contributed by atoms with Crippen molar-refractivity contribution in [1.29, 1.82) is 0 Å². The molecule has 0 spiro atoms. The standard InChI is InChI=1S/C13H18N4O3/c18-12(15-9-6-7-3-4-10(9)19-7)11-16-13(20-17-11)8-2-1-5-14-8/h7-10,14H,1-6H2,(H,15,18). The number of rotatable bonds is 3. The Morgan fingerprint density at radius 2 is 2.30 bits per heavy atom. The number of ether oxygens (including phenoxy) is 1. The van der Waals surface area contributed by atoms with Crippen LogP contribution in [0.4, 0.5) is 0 Å². The lowest BCUT2D eigenvalue weighted by atomic mass is 9.95. The zero-order valence-electron chi connectivity index (χ0n) is 11.2. The average molecular weight is 278 g/mol. The summed E-state index contributed by atoms with van der Waals surface area (Å²) < 4.78 is 10.9. The minimum Gasteiger partial charge on any atom is -0.373 e. The van der Waals surface area contributed by atoms with Crippen LogP contribution in [0.2, 0.25) is 0 Å². The van der Waals surface area contributed by atoms with Gasteiger partial charge in [0.05, 0.1) is 24.3 Å². The van der Waals surface area contributed by atoms with Gasteiger partial charge in [-0.05, 0) is 38.6 Å². The molecule has 108 valence electrons. The van der Waals surface area contributed by atoms with Gasteiger partial charge in [-0.15, -0.1) is 0 Å². The second kappa shape index (κ2) is 4.82. The molecule has 3 aliphatic rings. The Hall–Kier alpha value is -1.47. The Bertz CT molecular complexity index is 511. The predicted octanol–water partition coefficient (Wildman–Crippen LogP) is 0.544. The van der Waals surface area contributed by atoms with Crippen LogP contribution in [0.1, 0.15) is 54.7 Å². The van der Waals surface area contributed by atoms with Gasteiger partial charge in [0.2, 0.25) is 5.89 Å². The van der Waals surface area contributed by atoms with Crippen LogP contribution in [-0.4, -0.2) is 40.8 Å². The summed E-state index contributed by atoms with van der Waals surface area (Å²) in [6.45, 7) is 0.955. The summed E-state index contributed by atoms with van der Waals surface area (Å²) in [5.41, 5.74) is 0. The number of amides is 1. The number of carbonyl (C=O) groups is 1. The van der Waals surface area contributed by atoms with E-state index in [0.29, 0.717) is 12.0 Å². The highest BCUT2D eigenvalue weighted by molar-refractivity contribution is 5.90. The van der Waals surface area contributed by atoms with Crippen molar-refractivity contribution in [3.05, 3.63) is 11.7 Å². The first kappa shape index (κ1) is 12.3. The van der Waals surface area contributed by atoms with Gasteiger partial charge in [-0.25, -0.2) is 0 Å². The fourth-order valence-corrected chi connectivity index (χ4v) is 3.39. The number of nitrogens with one attached hydrogen (secondary N) is 2. The van der Waals surface area contributed by atoms with E-state index < -0.39 is 0 Å². The van der Waals surface area contributed by atoms with E-state index in [-0.39, 0.29) is 29.9 Å². The van der Waals surface area contributed by atoms with Gasteiger partial charge in [-0.2, -0.15) is 4.98 Å². The fourth-order valence-electron chi connectivity index (χ4n) is 3.39. The van der Waals surface area contributed by atoms with Crippen LogP contribution < -0.4 is 10.6 Å². The summed E-state index contributed by atoms with van der Waals surface area (Å²) in [6.07, 6.45) is 5.57. The van der Waals surface area contributed by atoms with Crippen LogP contribution in [0.3, 0.4) is 0 Å². The minimum atomic E-state index is -0.265. The molecule has 2 bridgehead atoms. The first-order chi connectivity index (χ1) is 9.79. The number of aromatic nitrogens is 2. The Kier molecular flexibility index (Phi) is 2.96. The molecule has 0 aliphatic carbocycles. The summed E-state index contributed by atoms with van der Waals surface area (Å²) in [7, 11) is 0. The van der Waals surface area contributed by atoms with Crippen LogP contribution in [-0.2, 0) is 4.74 Å². The van der Waals surface area contributed by atoms with Crippen molar-refractivity contribution in [1.82, 2.24) is 20.8 Å². The largest absolute Gasteiger partial charge is 0.373 e. The van der Waals surface area contributed by atoms with E-state index in [0.717, 1.165) is 38.6 Å². The second-order valence-corrected chi connectivity index (χ2v) is 5.79. The topological polar surface area (TPSA) is 89.3 Å². The highest BCUT2D eigenvalue weighted by Crippen LogP contribution is 2.34. The van der Waals surface area contributed by atoms with Crippen molar-refractivity contribution < 1.29 is 14.1 Å². The molecule has 0 saturated carbocycles. The Morgan fingerprint density at radius 1 is 1.35 bits per heavy atom. The molecule has 20 heavy (non-hydrogen) atoms. The van der Waals surface area contributed by atoms with Gasteiger partial charge >= 0.3 is 0 Å². The third-order valence-corrected chi connectivity index (χ3v) is 4.43. The van der Waals surface area contributed by atoms with Gasteiger partial charge in [-0.3, -0.25) is 4.79 Å². The maximum Gasteiger partial charge on any atom is 0.293 e. The zero-order valence-corrected chi connectivity index (χ0v) is 11.2. The summed E-state index contributed by atoms with van der Waals surface area (Å²) in [5.74, 6) is 0.368. The molecule has 1 aromatic rings. The molecule has 2 N–H and O–H groups in total. The number of hydrogen-bond acceptors (Lipinski definition) is 6. The van der Waals surface area contributed by atoms with Gasteiger partial charge in [0.25, 0.3) is 11.7 Å². The molecule has 0 aromatic carbocycles. The number of hydrogen-bond donors (Lipinski definition) is 2. The molecule has 4 atom stereocenters. The van der Waals surface area contributed by atoms with Gasteiger partial charge in [0.15, 0.2) is 0 Å². The molecule has 7 nitrogen and oxygen atoms in total. The molecule has 7 heteroatoms. The van der Waals surface area contributed by atoms with Crippen LogP contribution in [0.25, 0.3) is 0 Å². The summed E-state index contributed by atoms with van der Waals surface area (Å²) in [4.78, 5) is 16.3. The zero-order chi connectivity index (χ0) is 13.5. The molecular weight excluding hydrogens is 260 g/mol. The lowest BCUT2D eigenvalue weighted by Gasteiger charge is -2.18. The molecule has 4 unspecified atom stereocenters. The third-order valence-electron chi connectivity index (χ3n) is 4.43. The van der Waals surface area contributed by atoms with E-state index in [1.165, 1.54) is 0 Å². The van der Waals surface area contributed by atoms with Gasteiger partial charge in [0.1, 0.15) is 0 Å². The van der Waals surface area contributed by atoms with Gasteiger partial charge in [0, 0.05) is 0 Å². The molecule has 4 rings (SSSR count). The monoisotopic (exact) mass is 278 g/mol. The smallest absolute Gasteiger partial charge is 0.293 e. The number of carbonyl (C=O) groups excluding carboxylic acids is 1. The molecule has 1 aromatic heterocycles. The highest BCUT2D eigenvalue weighted by Gasteiger charge is 2.41. The van der Waals surface area contributed by atoms with Crippen LogP contribution in [0.15, 0.2) is 4.52 Å². The highest BCUT2D eigenvalue weighted by atomic mass is 16.5. The first-order valence-electron chi connectivity index (χ1n) is 7.33. The molecule has 0 radical (unpaired) electrons. The van der Waals surface area contributed by atoms with Crippen LogP contribution >= 0.6 is 0 Å². The molecule has 3 saturated heterocycles. The minimum absolute atomic E-state index is 0.0906. The predicted molar refractivity (Wildman–Crippen MR) is 68.0 cm³/mol. The summed E-state index contributed by atoms with van der Waals surface area (Å²) in [5, 5.41) is 10.0. The Morgan fingerprint density at radius 3 is 3.00 bits per heavy atom. The lowest BCUT2D eigenvalue weighted by Crippen LogP contribution is -2.41. The second-order valence-electron chi connectivity index (χ2n) is 5.79. The summed E-state index contributed by atoms with van der Waals surface area (Å²) in [6, 6.07) is 0.183. The van der Waals surface area contributed by atoms with Crippen molar-refractivity contribution in [3.63, 3.8) is 0 Å². The average Bonchev–Trinajstić information content (AvgIpc) is 3.21. The molecule has 3 aliphatic heterocycles. The maximum atomic E-state index is 12.1. The normalized spacial score (nSPS) is 35.6. The third kappa shape index (κ3) is 2.10. The van der Waals surface area contributed by atoms with E-state index in [2.05, 4.69) is 20.8 Å². The first-order valence-corrected chi connectivity index (χ1v) is 7.33. The SMILES string of the molecule is O=C(NC1CC2CCC1O2)c1noc(C2CCCN2)n1. The van der Waals surface area contributed by atoms with Crippen molar-refractivity contribution >= 4 is 5.91 Å². The van der Waals surface area contributed by atoms with Gasteiger partial charge in [-0.1, -0.05) is 5.16 Å². The molecule has 4 heterocycles. The van der Waals surface area contributed by atoms with Crippen molar-refractivity contribution in [2.45, 2.75) is 56.4 Å². The van der Waals surface area contributed by atoms with Crippen molar-refractivity contribution in [3.8, 4) is 0 Å². The summed E-state index contributed by atoms with van der Waals surface area (Å²) >= 11 is 0. The van der Waals surface area contributed by atoms with E-state index >= 15 is 0 Å². The molecule has 3 fully saturated rings. The van der Waals surface area contributed by atoms with E-state index in [4.69, 9.17) is 9.26 Å². The fraction of sp³-hybridized carbons (Fsp3) is 0.769. The Labute approximate surface area is 116 Å².